The molecule has 1 aromatic heterocycles. The molecule has 1 rings (SSSR count). The van der Waals surface area contributed by atoms with Gasteiger partial charge in [0.1, 0.15) is 0 Å². The van der Waals surface area contributed by atoms with Gasteiger partial charge in [-0.2, -0.15) is 0 Å². The molecular weight excluding hydrogens is 256 g/mol. The molecule has 0 bridgehead atoms. The van der Waals surface area contributed by atoms with Crippen LogP contribution in [0, 0.1) is 16.0 Å². The number of carbonyl (C=O) groups is 1. The summed E-state index contributed by atoms with van der Waals surface area (Å²) in [5.74, 6) is -0.541. The molecule has 7 heteroatoms. The molecule has 18 heavy (non-hydrogen) atoms. The summed E-state index contributed by atoms with van der Waals surface area (Å²) in [6.07, 6.45) is 0. The van der Waals surface area contributed by atoms with Crippen LogP contribution in [0.25, 0.3) is 0 Å². The molecule has 0 aliphatic heterocycles. The summed E-state index contributed by atoms with van der Waals surface area (Å²) in [6, 6.07) is 3.13. The van der Waals surface area contributed by atoms with E-state index in [9.17, 15) is 14.9 Å². The first kappa shape index (κ1) is 14.6. The van der Waals surface area contributed by atoms with Crippen LogP contribution in [0.1, 0.15) is 18.7 Å². The van der Waals surface area contributed by atoms with Gasteiger partial charge in [0.2, 0.25) is 0 Å². The maximum absolute atomic E-state index is 10.7. The Morgan fingerprint density at radius 1 is 1.56 bits per heavy atom. The van der Waals surface area contributed by atoms with Crippen molar-refractivity contribution in [3.8, 4) is 0 Å². The maximum atomic E-state index is 10.7. The molecular formula is C11H16N2O4S. The van der Waals surface area contributed by atoms with E-state index in [-0.39, 0.29) is 11.5 Å². The molecule has 0 radical (unpaired) electrons. The number of hydrogen-bond acceptors (Lipinski definition) is 5. The number of carboxylic acids is 1. The minimum Gasteiger partial charge on any atom is -0.480 e. The summed E-state index contributed by atoms with van der Waals surface area (Å²) in [4.78, 5) is 23.5. The third-order valence-electron chi connectivity index (χ3n) is 2.19. The molecule has 0 atom stereocenters. The van der Waals surface area contributed by atoms with Crippen molar-refractivity contribution >= 4 is 22.3 Å². The highest BCUT2D eigenvalue weighted by Gasteiger charge is 2.15. The van der Waals surface area contributed by atoms with Gasteiger partial charge in [0.25, 0.3) is 0 Å². The molecule has 0 spiro atoms. The molecule has 0 fully saturated rings. The number of nitro groups is 1. The molecule has 6 nitrogen and oxygen atoms in total. The van der Waals surface area contributed by atoms with Crippen molar-refractivity contribution in [1.29, 1.82) is 0 Å². The first-order chi connectivity index (χ1) is 8.38. The summed E-state index contributed by atoms with van der Waals surface area (Å²) in [5, 5.41) is 19.5. The van der Waals surface area contributed by atoms with Crippen LogP contribution in [0.5, 0.6) is 0 Å². The Kier molecular flexibility index (Phi) is 5.24. The van der Waals surface area contributed by atoms with E-state index in [2.05, 4.69) is 0 Å². The summed E-state index contributed by atoms with van der Waals surface area (Å²) >= 11 is 1.09. The summed E-state index contributed by atoms with van der Waals surface area (Å²) in [5.41, 5.74) is 0. The second-order valence-corrected chi connectivity index (χ2v) is 5.60. The Bertz CT molecular complexity index is 430. The number of hydrogen-bond donors (Lipinski definition) is 1. The SMILES string of the molecule is CC(C)CN(CC(=O)O)Cc1ccc([N+](=O)[O-])s1. The summed E-state index contributed by atoms with van der Waals surface area (Å²) < 4.78 is 0. The van der Waals surface area contributed by atoms with Gasteiger partial charge in [-0.25, -0.2) is 0 Å². The van der Waals surface area contributed by atoms with Crippen LogP contribution < -0.4 is 0 Å². The summed E-state index contributed by atoms with van der Waals surface area (Å²) in [7, 11) is 0. The van der Waals surface area contributed by atoms with E-state index in [1.165, 1.54) is 6.07 Å². The zero-order valence-electron chi connectivity index (χ0n) is 10.3. The van der Waals surface area contributed by atoms with E-state index in [0.717, 1.165) is 16.2 Å². The first-order valence-corrected chi connectivity index (χ1v) is 6.37. The van der Waals surface area contributed by atoms with Crippen LogP contribution in [0.3, 0.4) is 0 Å². The molecule has 1 aromatic rings. The van der Waals surface area contributed by atoms with E-state index >= 15 is 0 Å². The van der Waals surface area contributed by atoms with E-state index < -0.39 is 10.9 Å². The van der Waals surface area contributed by atoms with Crippen molar-refractivity contribution in [1.82, 2.24) is 4.90 Å². The van der Waals surface area contributed by atoms with Crippen molar-refractivity contribution in [3.05, 3.63) is 27.1 Å². The molecule has 100 valence electrons. The predicted molar refractivity (Wildman–Crippen MR) is 68.7 cm³/mol. The molecule has 0 saturated carbocycles. The average Bonchev–Trinajstić information content (AvgIpc) is 2.63. The van der Waals surface area contributed by atoms with Crippen molar-refractivity contribution in [2.75, 3.05) is 13.1 Å². The van der Waals surface area contributed by atoms with Gasteiger partial charge in [-0.3, -0.25) is 19.8 Å². The highest BCUT2D eigenvalue weighted by molar-refractivity contribution is 7.15. The van der Waals surface area contributed by atoms with Gasteiger partial charge in [0.15, 0.2) is 0 Å². The monoisotopic (exact) mass is 272 g/mol. The van der Waals surface area contributed by atoms with E-state index in [4.69, 9.17) is 5.11 Å². The zero-order valence-corrected chi connectivity index (χ0v) is 11.1. The Labute approximate surface area is 109 Å². The second-order valence-electron chi connectivity index (χ2n) is 4.45. The predicted octanol–water partition coefficient (Wildman–Crippen LogP) is 2.20. The maximum Gasteiger partial charge on any atom is 0.324 e. The largest absolute Gasteiger partial charge is 0.480 e. The minimum atomic E-state index is -0.887. The second kappa shape index (κ2) is 6.46. The fraction of sp³-hybridized carbons (Fsp3) is 0.545. The van der Waals surface area contributed by atoms with Gasteiger partial charge in [-0.05, 0) is 12.0 Å². The lowest BCUT2D eigenvalue weighted by Gasteiger charge is -2.21. The van der Waals surface area contributed by atoms with Crippen molar-refractivity contribution < 1.29 is 14.8 Å². The van der Waals surface area contributed by atoms with Crippen molar-refractivity contribution in [2.24, 2.45) is 5.92 Å². The molecule has 0 amide bonds. The van der Waals surface area contributed by atoms with Crippen LogP contribution in [-0.2, 0) is 11.3 Å². The highest BCUT2D eigenvalue weighted by atomic mass is 32.1. The van der Waals surface area contributed by atoms with E-state index in [0.29, 0.717) is 19.0 Å². The fourth-order valence-electron chi connectivity index (χ4n) is 1.66. The van der Waals surface area contributed by atoms with Crippen LogP contribution >= 0.6 is 11.3 Å². The van der Waals surface area contributed by atoms with Crippen LogP contribution in [-0.4, -0.2) is 34.0 Å². The molecule has 0 aromatic carbocycles. The van der Waals surface area contributed by atoms with E-state index in [1.807, 2.05) is 13.8 Å². The van der Waals surface area contributed by atoms with Crippen LogP contribution in [0.4, 0.5) is 5.00 Å². The Morgan fingerprint density at radius 3 is 2.67 bits per heavy atom. The van der Waals surface area contributed by atoms with Gasteiger partial charge in [0, 0.05) is 24.0 Å². The average molecular weight is 272 g/mol. The van der Waals surface area contributed by atoms with Gasteiger partial charge in [0.05, 0.1) is 11.5 Å². The number of rotatable bonds is 7. The van der Waals surface area contributed by atoms with Crippen LogP contribution in [0.2, 0.25) is 0 Å². The smallest absolute Gasteiger partial charge is 0.324 e. The molecule has 0 saturated heterocycles. The van der Waals surface area contributed by atoms with E-state index in [1.54, 1.807) is 11.0 Å². The minimum absolute atomic E-state index is 0.0517. The van der Waals surface area contributed by atoms with Crippen molar-refractivity contribution in [3.63, 3.8) is 0 Å². The number of aliphatic carboxylic acids is 1. The lowest BCUT2D eigenvalue weighted by atomic mass is 10.2. The Morgan fingerprint density at radius 2 is 2.22 bits per heavy atom. The fourth-order valence-corrected chi connectivity index (χ4v) is 2.53. The topological polar surface area (TPSA) is 83.7 Å². The first-order valence-electron chi connectivity index (χ1n) is 5.55. The lowest BCUT2D eigenvalue weighted by molar-refractivity contribution is -0.380. The third-order valence-corrected chi connectivity index (χ3v) is 3.21. The number of thiophene rings is 1. The zero-order chi connectivity index (χ0) is 13.7. The van der Waals surface area contributed by atoms with Gasteiger partial charge < -0.3 is 5.11 Å². The van der Waals surface area contributed by atoms with Crippen LogP contribution in [0.15, 0.2) is 12.1 Å². The Balaban J connectivity index is 2.68. The number of carboxylic acid groups (broad SMARTS) is 1. The Hall–Kier alpha value is -1.47. The van der Waals surface area contributed by atoms with Gasteiger partial charge in [-0.1, -0.05) is 25.2 Å². The quantitative estimate of drug-likeness (QED) is 0.607. The molecule has 1 N–H and O–H groups in total. The normalized spacial score (nSPS) is 11.1. The highest BCUT2D eigenvalue weighted by Crippen LogP contribution is 2.25. The van der Waals surface area contributed by atoms with Gasteiger partial charge >= 0.3 is 11.0 Å². The van der Waals surface area contributed by atoms with Crippen molar-refractivity contribution in [2.45, 2.75) is 20.4 Å². The third kappa shape index (κ3) is 4.80. The lowest BCUT2D eigenvalue weighted by Crippen LogP contribution is -2.32. The standard InChI is InChI=1S/C11H16N2O4S/c1-8(2)5-12(7-11(14)15)6-9-3-4-10(18-9)13(16)17/h3-4,8H,5-7H2,1-2H3,(H,14,15). The molecule has 1 heterocycles. The summed E-state index contributed by atoms with van der Waals surface area (Å²) in [6.45, 7) is 5.04. The van der Waals surface area contributed by atoms with Gasteiger partial charge in [-0.15, -0.1) is 0 Å². The molecule has 0 aliphatic carbocycles. The number of nitrogens with zero attached hydrogens (tertiary/aromatic N) is 2. The molecule has 0 unspecified atom stereocenters. The molecule has 0 aliphatic rings.